The Morgan fingerprint density at radius 1 is 1.70 bits per heavy atom. The largest absolute Gasteiger partial charge is 0.480 e. The molecule has 6 heteroatoms. The first kappa shape index (κ1) is 9.62. The highest BCUT2D eigenvalue weighted by Gasteiger charge is 2.11. The Labute approximate surface area is 58.7 Å². The van der Waals surface area contributed by atoms with Gasteiger partial charge in [0.05, 0.1) is 0 Å². The van der Waals surface area contributed by atoms with Crippen LogP contribution in [0.3, 0.4) is 0 Å². The van der Waals surface area contributed by atoms with E-state index in [1.165, 1.54) is 0 Å². The minimum Gasteiger partial charge on any atom is -0.480 e. The zero-order valence-electron chi connectivity index (χ0n) is 5.28. The molecule has 0 aliphatic carbocycles. The van der Waals surface area contributed by atoms with Crippen molar-refractivity contribution in [1.82, 2.24) is 0 Å². The van der Waals surface area contributed by atoms with Crippen molar-refractivity contribution in [1.29, 1.82) is 0 Å². The van der Waals surface area contributed by atoms with Gasteiger partial charge in [0.15, 0.2) is 8.03 Å². The Morgan fingerprint density at radius 2 is 2.20 bits per heavy atom. The van der Waals surface area contributed by atoms with Crippen LogP contribution in [0.15, 0.2) is 0 Å². The maximum Gasteiger partial charge on any atom is 0.320 e. The average Bonchev–Trinajstić information content (AvgIpc) is 1.82. The maximum atomic E-state index is 10.1. The number of rotatable bonds is 4. The molecule has 0 rings (SSSR count). The highest BCUT2D eigenvalue weighted by Crippen LogP contribution is 2.14. The summed E-state index contributed by atoms with van der Waals surface area (Å²) in [6.07, 6.45) is 0.0434. The summed E-state index contributed by atoms with van der Waals surface area (Å²) in [5, 5.41) is 8.20. The summed E-state index contributed by atoms with van der Waals surface area (Å²) in [6, 6.07) is -1.01. The van der Waals surface area contributed by atoms with E-state index in [1.807, 2.05) is 0 Å². The van der Waals surface area contributed by atoms with Gasteiger partial charge in [0.2, 0.25) is 0 Å². The smallest absolute Gasteiger partial charge is 0.320 e. The van der Waals surface area contributed by atoms with Gasteiger partial charge >= 0.3 is 5.97 Å². The average molecular weight is 167 g/mol. The fourth-order valence-corrected chi connectivity index (χ4v) is 0.960. The lowest BCUT2D eigenvalue weighted by Gasteiger charge is -2.02. The lowest BCUT2D eigenvalue weighted by atomic mass is 10.2. The van der Waals surface area contributed by atoms with Gasteiger partial charge in [-0.25, -0.2) is 0 Å². The topological polar surface area (TPSA) is 101 Å². The van der Waals surface area contributed by atoms with Crippen molar-refractivity contribution in [2.24, 2.45) is 5.73 Å². The van der Waals surface area contributed by atoms with Crippen LogP contribution in [0.4, 0.5) is 0 Å². The first-order valence-corrected chi connectivity index (χ1v) is 4.30. The molecule has 0 saturated heterocycles. The van der Waals surface area contributed by atoms with Gasteiger partial charge in [-0.3, -0.25) is 9.36 Å². The zero-order chi connectivity index (χ0) is 8.15. The number of carboxylic acids is 1. The predicted octanol–water partition coefficient (Wildman–Crippen LogP) is -0.745. The predicted molar refractivity (Wildman–Crippen MR) is 36.3 cm³/mol. The monoisotopic (exact) mass is 167 g/mol. The normalized spacial score (nSPS) is 16.2. The third-order valence-corrected chi connectivity index (χ3v) is 1.70. The van der Waals surface area contributed by atoms with Crippen molar-refractivity contribution in [2.45, 2.75) is 12.5 Å². The molecule has 1 unspecified atom stereocenters. The molecule has 60 valence electrons. The summed E-state index contributed by atoms with van der Waals surface area (Å²) in [5.41, 5.74) is 5.03. The Morgan fingerprint density at radius 3 is 2.50 bits per heavy atom. The number of hydrogen-bond acceptors (Lipinski definition) is 3. The van der Waals surface area contributed by atoms with Crippen molar-refractivity contribution in [3.8, 4) is 0 Å². The van der Waals surface area contributed by atoms with Crippen LogP contribution >= 0.6 is 8.03 Å². The van der Waals surface area contributed by atoms with Gasteiger partial charge in [0, 0.05) is 6.16 Å². The Balaban J connectivity index is 3.49. The maximum absolute atomic E-state index is 10.1. The first-order chi connectivity index (χ1) is 4.54. The fourth-order valence-electron chi connectivity index (χ4n) is 0.402. The molecule has 0 aromatic rings. The Hall–Kier alpha value is -0.380. The molecule has 0 aromatic heterocycles. The lowest BCUT2D eigenvalue weighted by molar-refractivity contribution is -0.138. The van der Waals surface area contributed by atoms with Crippen LogP contribution in [0.25, 0.3) is 0 Å². The van der Waals surface area contributed by atoms with Crippen molar-refractivity contribution >= 4 is 14.0 Å². The number of carbonyl (C=O) groups is 1. The van der Waals surface area contributed by atoms with Gasteiger partial charge in [-0.05, 0) is 6.42 Å². The quantitative estimate of drug-likeness (QED) is 0.478. The number of aliphatic carboxylic acids is 1. The molecule has 2 atom stereocenters. The number of nitrogens with two attached hydrogens (primary N) is 1. The van der Waals surface area contributed by atoms with Gasteiger partial charge in [-0.15, -0.1) is 0 Å². The van der Waals surface area contributed by atoms with E-state index in [1.54, 1.807) is 0 Å². The minimum atomic E-state index is -2.56. The summed E-state index contributed by atoms with van der Waals surface area (Å²) in [7, 11) is -2.56. The number of hydrogen-bond donors (Lipinski definition) is 3. The molecule has 0 spiro atoms. The summed E-state index contributed by atoms with van der Waals surface area (Å²) >= 11 is 0. The third-order valence-electron chi connectivity index (χ3n) is 0.986. The van der Waals surface area contributed by atoms with Gasteiger partial charge in [0.1, 0.15) is 6.04 Å². The van der Waals surface area contributed by atoms with Crippen LogP contribution in [-0.2, 0) is 9.36 Å². The van der Waals surface area contributed by atoms with Crippen LogP contribution < -0.4 is 5.73 Å². The van der Waals surface area contributed by atoms with Crippen molar-refractivity contribution < 1.29 is 19.4 Å². The third kappa shape index (κ3) is 4.49. The summed E-state index contributed by atoms with van der Waals surface area (Å²) in [4.78, 5) is 18.3. The molecule has 5 nitrogen and oxygen atoms in total. The second kappa shape index (κ2) is 4.44. The molecule has 0 heterocycles. The molecule has 0 saturated carbocycles. The molecule has 0 aliphatic heterocycles. The van der Waals surface area contributed by atoms with Crippen LogP contribution in [0.2, 0.25) is 0 Å². The summed E-state index contributed by atoms with van der Waals surface area (Å²) < 4.78 is 10.1. The van der Waals surface area contributed by atoms with Gasteiger partial charge in [-0.2, -0.15) is 0 Å². The van der Waals surface area contributed by atoms with Crippen LogP contribution in [-0.4, -0.2) is 28.2 Å². The van der Waals surface area contributed by atoms with Gasteiger partial charge in [-0.1, -0.05) is 0 Å². The van der Waals surface area contributed by atoms with E-state index in [4.69, 9.17) is 15.7 Å². The minimum absolute atomic E-state index is 0.0157. The van der Waals surface area contributed by atoms with Crippen molar-refractivity contribution in [3.63, 3.8) is 0 Å². The number of carboxylic acid groups (broad SMARTS) is 1. The molecule has 0 bridgehead atoms. The van der Waals surface area contributed by atoms with E-state index < -0.39 is 20.0 Å². The Kier molecular flexibility index (Phi) is 4.27. The standard InChI is InChI=1S/C4H10NO4P/c5-3(4(6)7)1-2-10(8)9/h3,10H,1-2,5H2,(H,6,7)(H,8,9)/t3-/m0/s1. The molecule has 0 radical (unpaired) electrons. The first-order valence-electron chi connectivity index (χ1n) is 2.74. The molecular weight excluding hydrogens is 157 g/mol. The summed E-state index contributed by atoms with van der Waals surface area (Å²) in [5.74, 6) is -1.14. The molecule has 0 aliphatic rings. The van der Waals surface area contributed by atoms with E-state index in [9.17, 15) is 9.36 Å². The molecule has 10 heavy (non-hydrogen) atoms. The van der Waals surface area contributed by atoms with Crippen molar-refractivity contribution in [2.75, 3.05) is 6.16 Å². The molecular formula is C4H10NO4P. The van der Waals surface area contributed by atoms with Crippen LogP contribution in [0.5, 0.6) is 0 Å². The second-order valence-corrected chi connectivity index (χ2v) is 3.16. The van der Waals surface area contributed by atoms with Crippen LogP contribution in [0, 0.1) is 0 Å². The van der Waals surface area contributed by atoms with E-state index >= 15 is 0 Å². The van der Waals surface area contributed by atoms with Crippen molar-refractivity contribution in [3.05, 3.63) is 0 Å². The van der Waals surface area contributed by atoms with Gasteiger partial charge in [0.25, 0.3) is 0 Å². The summed E-state index contributed by atoms with van der Waals surface area (Å²) in [6.45, 7) is 0. The van der Waals surface area contributed by atoms with E-state index in [2.05, 4.69) is 0 Å². The van der Waals surface area contributed by atoms with E-state index in [0.717, 1.165) is 0 Å². The SMILES string of the molecule is N[C@@H](CC[PH](=O)O)C(=O)O. The molecule has 4 N–H and O–H groups in total. The highest BCUT2D eigenvalue weighted by molar-refractivity contribution is 7.37. The zero-order valence-corrected chi connectivity index (χ0v) is 6.28. The second-order valence-electron chi connectivity index (χ2n) is 1.88. The van der Waals surface area contributed by atoms with E-state index in [-0.39, 0.29) is 12.6 Å². The van der Waals surface area contributed by atoms with Gasteiger partial charge < -0.3 is 15.7 Å². The molecule has 0 aromatic carbocycles. The van der Waals surface area contributed by atoms with Crippen LogP contribution in [0.1, 0.15) is 6.42 Å². The molecule has 0 fully saturated rings. The van der Waals surface area contributed by atoms with E-state index in [0.29, 0.717) is 0 Å². The Bertz CT molecular complexity index is 148. The lowest BCUT2D eigenvalue weighted by Crippen LogP contribution is -2.30. The fraction of sp³-hybridized carbons (Fsp3) is 0.750. The highest BCUT2D eigenvalue weighted by atomic mass is 31.1. The molecule has 0 amide bonds.